The van der Waals surface area contributed by atoms with Crippen LogP contribution in [-0.2, 0) is 25.7 Å². The second-order valence-corrected chi connectivity index (χ2v) is 6.41. The maximum atomic E-state index is 12.6. The molecule has 2 rings (SSSR count). The summed E-state index contributed by atoms with van der Waals surface area (Å²) in [5.74, 6) is -2.21. The molecular formula is C20H24N2O5. The molecule has 144 valence electrons. The van der Waals surface area contributed by atoms with Crippen LogP contribution in [0.5, 0.6) is 0 Å². The van der Waals surface area contributed by atoms with Gasteiger partial charge in [0, 0.05) is 18.9 Å². The van der Waals surface area contributed by atoms with Crippen molar-refractivity contribution in [3.8, 4) is 0 Å². The highest BCUT2D eigenvalue weighted by Gasteiger charge is 2.31. The summed E-state index contributed by atoms with van der Waals surface area (Å²) in [6.45, 7) is 4.11. The van der Waals surface area contributed by atoms with Gasteiger partial charge in [-0.05, 0) is 24.8 Å². The average Bonchev–Trinajstić information content (AvgIpc) is 2.82. The van der Waals surface area contributed by atoms with Crippen molar-refractivity contribution >= 4 is 23.6 Å². The molecule has 0 spiro atoms. The van der Waals surface area contributed by atoms with Gasteiger partial charge in [0.1, 0.15) is 6.61 Å². The minimum Gasteiger partial charge on any atom is -0.445 e. The molecule has 2 unspecified atom stereocenters. The van der Waals surface area contributed by atoms with Crippen LogP contribution < -0.4 is 10.6 Å². The number of carbonyl (C=O) groups is 4. The molecule has 0 saturated carbocycles. The highest BCUT2D eigenvalue weighted by atomic mass is 16.5. The van der Waals surface area contributed by atoms with E-state index in [2.05, 4.69) is 17.2 Å². The van der Waals surface area contributed by atoms with Crippen LogP contribution in [0.25, 0.3) is 0 Å². The van der Waals surface area contributed by atoms with E-state index in [-0.39, 0.29) is 25.2 Å². The van der Waals surface area contributed by atoms with E-state index in [9.17, 15) is 19.2 Å². The molecule has 0 aromatic heterocycles. The third-order valence-electron chi connectivity index (χ3n) is 4.35. The first-order valence-electron chi connectivity index (χ1n) is 8.94. The Morgan fingerprint density at radius 3 is 2.74 bits per heavy atom. The molecule has 7 nitrogen and oxygen atoms in total. The number of nitrogens with one attached hydrogen (secondary N) is 2. The van der Waals surface area contributed by atoms with E-state index < -0.39 is 29.7 Å². The van der Waals surface area contributed by atoms with Crippen molar-refractivity contribution in [1.29, 1.82) is 0 Å². The first kappa shape index (κ1) is 20.4. The Balaban J connectivity index is 1.91. The molecule has 1 saturated heterocycles. The fraction of sp³-hybridized carbons (Fsp3) is 0.400. The van der Waals surface area contributed by atoms with Crippen molar-refractivity contribution in [3.63, 3.8) is 0 Å². The quantitative estimate of drug-likeness (QED) is 0.536. The van der Waals surface area contributed by atoms with E-state index in [1.807, 2.05) is 30.3 Å². The number of carbonyl (C=O) groups excluding carboxylic acids is 4. The third-order valence-corrected chi connectivity index (χ3v) is 4.35. The first-order chi connectivity index (χ1) is 13.0. The summed E-state index contributed by atoms with van der Waals surface area (Å²) < 4.78 is 5.14. The predicted octanol–water partition coefficient (Wildman–Crippen LogP) is 1.91. The van der Waals surface area contributed by atoms with Crippen molar-refractivity contribution < 1.29 is 23.9 Å². The molecule has 2 amide bonds. The van der Waals surface area contributed by atoms with Crippen molar-refractivity contribution in [1.82, 2.24) is 10.6 Å². The van der Waals surface area contributed by atoms with Gasteiger partial charge < -0.3 is 15.4 Å². The monoisotopic (exact) mass is 372 g/mol. The molecule has 1 aromatic carbocycles. The van der Waals surface area contributed by atoms with E-state index in [1.165, 1.54) is 6.08 Å². The van der Waals surface area contributed by atoms with Gasteiger partial charge in [0.05, 0.1) is 6.04 Å². The zero-order chi connectivity index (χ0) is 19.6. The summed E-state index contributed by atoms with van der Waals surface area (Å²) in [4.78, 5) is 48.3. The molecule has 1 fully saturated rings. The molecule has 0 bridgehead atoms. The van der Waals surface area contributed by atoms with E-state index in [0.29, 0.717) is 19.4 Å². The third kappa shape index (κ3) is 6.36. The van der Waals surface area contributed by atoms with Gasteiger partial charge in [-0.2, -0.15) is 0 Å². The minimum absolute atomic E-state index is 0.0863. The van der Waals surface area contributed by atoms with E-state index in [0.717, 1.165) is 5.56 Å². The standard InChI is InChI=1S/C20H24N2O5/c1-2-7-16(22-20(26)27-13-14-8-4-3-5-9-14)17(23)12-15-10-6-11-21-19(25)18(15)24/h2-5,8-9,15-16H,1,6-7,10-13H2,(H,21,25)(H,22,26). The molecule has 1 heterocycles. The first-order valence-corrected chi connectivity index (χ1v) is 8.94. The predicted molar refractivity (Wildman–Crippen MR) is 98.7 cm³/mol. The normalized spacial score (nSPS) is 18.0. The molecule has 27 heavy (non-hydrogen) atoms. The second kappa shape index (κ2) is 10.3. The molecule has 1 aliphatic rings. The van der Waals surface area contributed by atoms with Gasteiger partial charge in [0.2, 0.25) is 5.78 Å². The molecule has 0 radical (unpaired) electrons. The Labute approximate surface area is 158 Å². The summed E-state index contributed by atoms with van der Waals surface area (Å²) >= 11 is 0. The summed E-state index contributed by atoms with van der Waals surface area (Å²) in [7, 11) is 0. The van der Waals surface area contributed by atoms with Gasteiger partial charge in [-0.1, -0.05) is 36.4 Å². The van der Waals surface area contributed by atoms with Crippen LogP contribution in [0.15, 0.2) is 43.0 Å². The van der Waals surface area contributed by atoms with Crippen molar-refractivity contribution in [2.45, 2.75) is 38.3 Å². The number of ketones is 2. The highest BCUT2D eigenvalue weighted by Crippen LogP contribution is 2.17. The van der Waals surface area contributed by atoms with Crippen molar-refractivity contribution in [2.75, 3.05) is 6.54 Å². The number of ether oxygens (including phenoxy) is 1. The summed E-state index contributed by atoms with van der Waals surface area (Å²) in [5.41, 5.74) is 0.828. The Morgan fingerprint density at radius 1 is 1.30 bits per heavy atom. The molecular weight excluding hydrogens is 348 g/mol. The fourth-order valence-electron chi connectivity index (χ4n) is 2.88. The Morgan fingerprint density at radius 2 is 2.04 bits per heavy atom. The lowest BCUT2D eigenvalue weighted by Gasteiger charge is -2.18. The summed E-state index contributed by atoms with van der Waals surface area (Å²) in [6.07, 6.45) is 2.01. The highest BCUT2D eigenvalue weighted by molar-refractivity contribution is 6.37. The van der Waals surface area contributed by atoms with Gasteiger partial charge in [-0.3, -0.25) is 14.4 Å². The summed E-state index contributed by atoms with van der Waals surface area (Å²) in [6, 6.07) is 8.33. The number of amides is 2. The topological polar surface area (TPSA) is 102 Å². The Hall–Kier alpha value is -2.96. The molecule has 2 atom stereocenters. The van der Waals surface area contributed by atoms with Gasteiger partial charge in [-0.15, -0.1) is 6.58 Å². The Kier molecular flexibility index (Phi) is 7.73. The summed E-state index contributed by atoms with van der Waals surface area (Å²) in [5, 5.41) is 5.04. The lowest BCUT2D eigenvalue weighted by molar-refractivity contribution is -0.140. The number of hydrogen-bond acceptors (Lipinski definition) is 5. The van der Waals surface area contributed by atoms with E-state index >= 15 is 0 Å². The van der Waals surface area contributed by atoms with Gasteiger partial charge in [0.25, 0.3) is 5.91 Å². The zero-order valence-corrected chi connectivity index (χ0v) is 15.1. The lowest BCUT2D eigenvalue weighted by Crippen LogP contribution is -2.42. The van der Waals surface area contributed by atoms with Crippen molar-refractivity contribution in [3.05, 3.63) is 48.6 Å². The van der Waals surface area contributed by atoms with Crippen molar-refractivity contribution in [2.24, 2.45) is 5.92 Å². The van der Waals surface area contributed by atoms with Crippen LogP contribution in [0.3, 0.4) is 0 Å². The zero-order valence-electron chi connectivity index (χ0n) is 15.1. The van der Waals surface area contributed by atoms with E-state index in [1.54, 1.807) is 0 Å². The van der Waals surface area contributed by atoms with E-state index in [4.69, 9.17) is 4.74 Å². The second-order valence-electron chi connectivity index (χ2n) is 6.41. The number of rotatable bonds is 8. The Bertz CT molecular complexity index is 702. The van der Waals surface area contributed by atoms with Crippen LogP contribution >= 0.6 is 0 Å². The number of Topliss-reactive ketones (excluding diaryl/α,β-unsaturated/α-hetero) is 2. The van der Waals surface area contributed by atoms with Gasteiger partial charge in [-0.25, -0.2) is 4.79 Å². The molecule has 0 aliphatic carbocycles. The number of hydrogen-bond donors (Lipinski definition) is 2. The lowest BCUT2D eigenvalue weighted by atomic mass is 9.90. The van der Waals surface area contributed by atoms with Crippen LogP contribution in [0.2, 0.25) is 0 Å². The molecule has 1 aliphatic heterocycles. The number of benzene rings is 1. The average molecular weight is 372 g/mol. The molecule has 2 N–H and O–H groups in total. The maximum Gasteiger partial charge on any atom is 0.408 e. The largest absolute Gasteiger partial charge is 0.445 e. The minimum atomic E-state index is -0.843. The molecule has 7 heteroatoms. The van der Waals surface area contributed by atoms with Crippen LogP contribution in [0.4, 0.5) is 4.79 Å². The van der Waals surface area contributed by atoms with Crippen LogP contribution in [-0.4, -0.2) is 36.2 Å². The SMILES string of the molecule is C=CCC(NC(=O)OCc1ccccc1)C(=O)CC1CCCNC(=O)C1=O. The maximum absolute atomic E-state index is 12.6. The smallest absolute Gasteiger partial charge is 0.408 e. The van der Waals surface area contributed by atoms with Gasteiger partial charge >= 0.3 is 6.09 Å². The molecule has 1 aromatic rings. The van der Waals surface area contributed by atoms with Gasteiger partial charge in [0.15, 0.2) is 5.78 Å². The van der Waals surface area contributed by atoms with Crippen LogP contribution in [0.1, 0.15) is 31.2 Å². The number of alkyl carbamates (subject to hydrolysis) is 1. The fourth-order valence-corrected chi connectivity index (χ4v) is 2.88. The van der Waals surface area contributed by atoms with Crippen LogP contribution in [0, 0.1) is 5.92 Å².